The number of carbonyl (C=O) groups excluding carboxylic acids is 1. The van der Waals surface area contributed by atoms with E-state index < -0.39 is 0 Å². The summed E-state index contributed by atoms with van der Waals surface area (Å²) in [5.74, 6) is 0.405. The molecule has 0 spiro atoms. The molecule has 1 atom stereocenters. The topological polar surface area (TPSA) is 119 Å². The molecule has 2 aromatic heterocycles. The molecule has 26 heavy (non-hydrogen) atoms. The average Bonchev–Trinajstić information content (AvgIpc) is 3.29. The van der Waals surface area contributed by atoms with Crippen LogP contribution in [0.4, 0.5) is 5.82 Å². The predicted molar refractivity (Wildman–Crippen MR) is 106 cm³/mol. The van der Waals surface area contributed by atoms with Gasteiger partial charge in [-0.25, -0.2) is 15.0 Å². The minimum absolute atomic E-state index is 0. The number of benzene rings is 1. The van der Waals surface area contributed by atoms with Crippen LogP contribution in [-0.2, 0) is 4.74 Å². The number of imidazole rings is 1. The lowest BCUT2D eigenvalue weighted by Gasteiger charge is -2.10. The zero-order valence-electron chi connectivity index (χ0n) is 14.5. The number of amides is 1. The van der Waals surface area contributed by atoms with E-state index in [0.29, 0.717) is 18.1 Å². The first kappa shape index (κ1) is 16.5. The molecular formula is C18H28N6O2. The lowest BCUT2D eigenvalue weighted by molar-refractivity contribution is 0.0853. The Morgan fingerprint density at radius 3 is 3.15 bits per heavy atom. The van der Waals surface area contributed by atoms with Gasteiger partial charge in [0.1, 0.15) is 11.4 Å². The lowest BCUT2D eigenvalue weighted by Crippen LogP contribution is -2.32. The first-order valence-electron chi connectivity index (χ1n) is 8.59. The molecule has 1 aliphatic heterocycles. The highest BCUT2D eigenvalue weighted by Gasteiger charge is 2.19. The highest BCUT2D eigenvalue weighted by molar-refractivity contribution is 5.93. The number of hydrogen-bond acceptors (Lipinski definition) is 6. The summed E-state index contributed by atoms with van der Waals surface area (Å²) in [6.45, 7) is 3.22. The van der Waals surface area contributed by atoms with E-state index in [1.807, 2.05) is 25.1 Å². The van der Waals surface area contributed by atoms with Crippen molar-refractivity contribution < 1.29 is 15.2 Å². The number of aromatic nitrogens is 4. The maximum absolute atomic E-state index is 12.4. The van der Waals surface area contributed by atoms with Crippen molar-refractivity contribution in [2.24, 2.45) is 0 Å². The first-order chi connectivity index (χ1) is 12.6. The minimum atomic E-state index is -0.304. The van der Waals surface area contributed by atoms with Crippen LogP contribution in [0.25, 0.3) is 22.6 Å². The van der Waals surface area contributed by atoms with Crippen LogP contribution in [0, 0.1) is 6.92 Å². The Morgan fingerprint density at radius 1 is 1.46 bits per heavy atom. The molecule has 1 saturated heterocycles. The SMILES string of the molecule is Cc1ccc2nc(-c3nc(C(=O)NCC4CCCO4)cnc3N)[nH]c2c1.[HH].[HH].[HH].[HH]. The van der Waals surface area contributed by atoms with E-state index in [0.717, 1.165) is 36.0 Å². The molecule has 1 unspecified atom stereocenters. The number of H-pyrrole nitrogens is 1. The standard InChI is InChI=1S/C18H20N6O2.4H2/c1-10-4-5-12-13(7-10)24-17(23-12)15-16(19)20-9-14(22-15)18(25)21-8-11-3-2-6-26-11;;;;/h4-5,7,9,11H,2-3,6,8H2,1H3,(H2,19,20)(H,21,25)(H,23,24);4*1H. The van der Waals surface area contributed by atoms with Gasteiger partial charge in [-0.3, -0.25) is 4.79 Å². The molecule has 1 aliphatic rings. The Labute approximate surface area is 156 Å². The average molecular weight is 360 g/mol. The molecule has 1 fully saturated rings. The molecule has 0 radical (unpaired) electrons. The van der Waals surface area contributed by atoms with Gasteiger partial charge in [-0.05, 0) is 37.5 Å². The fourth-order valence-corrected chi connectivity index (χ4v) is 3.02. The second kappa shape index (κ2) is 6.72. The van der Waals surface area contributed by atoms with Gasteiger partial charge < -0.3 is 20.8 Å². The zero-order chi connectivity index (χ0) is 18.1. The summed E-state index contributed by atoms with van der Waals surface area (Å²) in [5.41, 5.74) is 9.33. The molecule has 8 heteroatoms. The number of aryl methyl sites for hydroxylation is 1. The van der Waals surface area contributed by atoms with Crippen molar-refractivity contribution in [3.63, 3.8) is 0 Å². The lowest BCUT2D eigenvalue weighted by atomic mass is 10.2. The van der Waals surface area contributed by atoms with Crippen molar-refractivity contribution in [3.05, 3.63) is 35.7 Å². The number of ether oxygens (including phenoxy) is 1. The van der Waals surface area contributed by atoms with Gasteiger partial charge >= 0.3 is 0 Å². The number of fused-ring (bicyclic) bond motifs is 1. The number of nitrogens with one attached hydrogen (secondary N) is 2. The van der Waals surface area contributed by atoms with Crippen molar-refractivity contribution in [2.45, 2.75) is 25.9 Å². The van der Waals surface area contributed by atoms with Gasteiger partial charge in [-0.1, -0.05) is 6.07 Å². The van der Waals surface area contributed by atoms with Crippen LogP contribution in [0.1, 0.15) is 34.6 Å². The van der Waals surface area contributed by atoms with Crippen LogP contribution in [0.2, 0.25) is 0 Å². The molecule has 4 N–H and O–H groups in total. The van der Waals surface area contributed by atoms with E-state index in [1.165, 1.54) is 6.20 Å². The van der Waals surface area contributed by atoms with Gasteiger partial charge in [-0.15, -0.1) is 0 Å². The van der Waals surface area contributed by atoms with E-state index in [9.17, 15) is 4.79 Å². The van der Waals surface area contributed by atoms with Crippen LogP contribution in [-0.4, -0.2) is 45.1 Å². The maximum Gasteiger partial charge on any atom is 0.271 e. The molecule has 0 aliphatic carbocycles. The summed E-state index contributed by atoms with van der Waals surface area (Å²) in [6.07, 6.45) is 3.42. The van der Waals surface area contributed by atoms with Gasteiger partial charge in [0, 0.05) is 18.9 Å². The van der Waals surface area contributed by atoms with Crippen LogP contribution in [0.15, 0.2) is 24.4 Å². The zero-order valence-corrected chi connectivity index (χ0v) is 14.5. The maximum atomic E-state index is 12.4. The van der Waals surface area contributed by atoms with Crippen molar-refractivity contribution in [3.8, 4) is 11.5 Å². The third-order valence-corrected chi connectivity index (χ3v) is 4.41. The third-order valence-electron chi connectivity index (χ3n) is 4.41. The van der Waals surface area contributed by atoms with E-state index in [4.69, 9.17) is 10.5 Å². The molecular weight excluding hydrogens is 332 g/mol. The smallest absolute Gasteiger partial charge is 0.271 e. The molecule has 0 bridgehead atoms. The quantitative estimate of drug-likeness (QED) is 0.658. The second-order valence-electron chi connectivity index (χ2n) is 6.44. The molecule has 8 nitrogen and oxygen atoms in total. The number of rotatable bonds is 4. The van der Waals surface area contributed by atoms with Gasteiger partial charge in [0.05, 0.1) is 23.3 Å². The number of aromatic amines is 1. The molecule has 1 aromatic carbocycles. The fourth-order valence-electron chi connectivity index (χ4n) is 3.02. The van der Waals surface area contributed by atoms with Crippen LogP contribution in [0.5, 0.6) is 0 Å². The van der Waals surface area contributed by atoms with E-state index in [2.05, 4.69) is 25.3 Å². The summed E-state index contributed by atoms with van der Waals surface area (Å²) >= 11 is 0. The monoisotopic (exact) mass is 360 g/mol. The van der Waals surface area contributed by atoms with E-state index in [1.54, 1.807) is 0 Å². The normalized spacial score (nSPS) is 16.9. The summed E-state index contributed by atoms with van der Waals surface area (Å²) in [7, 11) is 0. The molecule has 142 valence electrons. The minimum Gasteiger partial charge on any atom is -0.382 e. The fraction of sp³-hybridized carbons (Fsp3) is 0.333. The molecule has 4 rings (SSSR count). The number of anilines is 1. The summed E-state index contributed by atoms with van der Waals surface area (Å²) in [4.78, 5) is 28.5. The highest BCUT2D eigenvalue weighted by Crippen LogP contribution is 2.23. The largest absolute Gasteiger partial charge is 0.382 e. The summed E-state index contributed by atoms with van der Waals surface area (Å²) in [5, 5.41) is 2.84. The van der Waals surface area contributed by atoms with E-state index in [-0.39, 0.29) is 29.2 Å². The van der Waals surface area contributed by atoms with Crippen molar-refractivity contribution in [1.29, 1.82) is 0 Å². The Hall–Kier alpha value is -3.00. The molecule has 1 amide bonds. The first-order valence-corrected chi connectivity index (χ1v) is 8.59. The highest BCUT2D eigenvalue weighted by atomic mass is 16.5. The third kappa shape index (κ3) is 3.23. The summed E-state index contributed by atoms with van der Waals surface area (Å²) in [6, 6.07) is 5.90. The van der Waals surface area contributed by atoms with Crippen LogP contribution >= 0.6 is 0 Å². The van der Waals surface area contributed by atoms with Gasteiger partial charge in [-0.2, -0.15) is 0 Å². The molecule has 3 aromatic rings. The van der Waals surface area contributed by atoms with Crippen LogP contribution in [0.3, 0.4) is 0 Å². The second-order valence-corrected chi connectivity index (χ2v) is 6.44. The number of nitrogen functional groups attached to an aromatic ring is 1. The molecule has 0 saturated carbocycles. The van der Waals surface area contributed by atoms with Gasteiger partial charge in [0.15, 0.2) is 11.6 Å². The Balaban J connectivity index is 0.00000210. The van der Waals surface area contributed by atoms with Gasteiger partial charge in [0.25, 0.3) is 5.91 Å². The van der Waals surface area contributed by atoms with Crippen molar-refractivity contribution in [1.82, 2.24) is 25.3 Å². The Morgan fingerprint density at radius 2 is 2.35 bits per heavy atom. The number of nitrogens with zero attached hydrogens (tertiary/aromatic N) is 3. The van der Waals surface area contributed by atoms with Gasteiger partial charge in [0.2, 0.25) is 0 Å². The number of carbonyl (C=O) groups is 1. The van der Waals surface area contributed by atoms with Crippen LogP contribution < -0.4 is 11.1 Å². The Kier molecular flexibility index (Phi) is 4.26. The number of nitrogens with two attached hydrogens (primary N) is 1. The Bertz CT molecular complexity index is 978. The van der Waals surface area contributed by atoms with Crippen molar-refractivity contribution >= 4 is 22.8 Å². The predicted octanol–water partition coefficient (Wildman–Crippen LogP) is 2.80. The molecule has 3 heterocycles. The van der Waals surface area contributed by atoms with Crippen molar-refractivity contribution in [2.75, 3.05) is 18.9 Å². The number of hydrogen-bond donors (Lipinski definition) is 3. The summed E-state index contributed by atoms with van der Waals surface area (Å²) < 4.78 is 5.51. The van der Waals surface area contributed by atoms with E-state index >= 15 is 0 Å².